The summed E-state index contributed by atoms with van der Waals surface area (Å²) in [4.78, 5) is 16.6. The summed E-state index contributed by atoms with van der Waals surface area (Å²) in [5.41, 5.74) is 0. The van der Waals surface area contributed by atoms with Crippen LogP contribution >= 0.6 is 11.3 Å². The van der Waals surface area contributed by atoms with Crippen LogP contribution in [0.1, 0.15) is 48.3 Å². The largest absolute Gasteiger partial charge is 0.393 e. The van der Waals surface area contributed by atoms with Crippen molar-refractivity contribution in [3.05, 3.63) is 16.1 Å². The monoisotopic (exact) mass is 270 g/mol. The molecule has 0 fully saturated rings. The number of aromatic nitrogens is 1. The average molecular weight is 270 g/mol. The Kier molecular flexibility index (Phi) is 6.29. The molecule has 0 aliphatic rings. The van der Waals surface area contributed by atoms with Crippen molar-refractivity contribution in [3.8, 4) is 0 Å². The van der Waals surface area contributed by atoms with Gasteiger partial charge in [0, 0.05) is 6.54 Å². The molecule has 1 aromatic heterocycles. The molecule has 0 saturated heterocycles. The standard InChI is InChI=1S/C13H22N2O2S/c1-4-5-12-15-8-11(18-12)13(17)14-7-6-10(16)9(2)3/h8-10,16H,4-7H2,1-3H3,(H,14,17). The van der Waals surface area contributed by atoms with Gasteiger partial charge in [-0.2, -0.15) is 0 Å². The average Bonchev–Trinajstić information content (AvgIpc) is 2.77. The van der Waals surface area contributed by atoms with Gasteiger partial charge in [0.05, 0.1) is 17.3 Å². The molecule has 102 valence electrons. The predicted molar refractivity (Wildman–Crippen MR) is 73.9 cm³/mol. The van der Waals surface area contributed by atoms with E-state index in [-0.39, 0.29) is 17.9 Å². The van der Waals surface area contributed by atoms with Crippen LogP contribution in [-0.4, -0.2) is 28.6 Å². The summed E-state index contributed by atoms with van der Waals surface area (Å²) >= 11 is 1.45. The van der Waals surface area contributed by atoms with Crippen molar-refractivity contribution in [2.24, 2.45) is 5.92 Å². The Labute approximate surface area is 112 Å². The van der Waals surface area contributed by atoms with Gasteiger partial charge in [0.25, 0.3) is 5.91 Å². The number of nitrogens with one attached hydrogen (secondary N) is 1. The van der Waals surface area contributed by atoms with Crippen LogP contribution in [-0.2, 0) is 6.42 Å². The van der Waals surface area contributed by atoms with Gasteiger partial charge in [-0.1, -0.05) is 20.8 Å². The number of thiazole rings is 1. The zero-order chi connectivity index (χ0) is 13.5. The second-order valence-electron chi connectivity index (χ2n) is 4.72. The Morgan fingerprint density at radius 2 is 2.28 bits per heavy atom. The second kappa shape index (κ2) is 7.48. The van der Waals surface area contributed by atoms with E-state index in [1.165, 1.54) is 11.3 Å². The van der Waals surface area contributed by atoms with Crippen molar-refractivity contribution >= 4 is 17.2 Å². The summed E-state index contributed by atoms with van der Waals surface area (Å²) in [6, 6.07) is 0. The van der Waals surface area contributed by atoms with E-state index in [1.807, 2.05) is 13.8 Å². The second-order valence-corrected chi connectivity index (χ2v) is 5.84. The lowest BCUT2D eigenvalue weighted by atomic mass is 10.0. The highest BCUT2D eigenvalue weighted by Gasteiger charge is 2.12. The van der Waals surface area contributed by atoms with Crippen molar-refractivity contribution in [1.29, 1.82) is 0 Å². The first kappa shape index (κ1) is 15.1. The fourth-order valence-corrected chi connectivity index (χ4v) is 2.43. The lowest BCUT2D eigenvalue weighted by Crippen LogP contribution is -2.28. The van der Waals surface area contributed by atoms with Crippen LogP contribution in [0.5, 0.6) is 0 Å². The number of nitrogens with zero attached hydrogens (tertiary/aromatic N) is 1. The van der Waals surface area contributed by atoms with Crippen LogP contribution in [0.4, 0.5) is 0 Å². The van der Waals surface area contributed by atoms with E-state index < -0.39 is 0 Å². The zero-order valence-electron chi connectivity index (χ0n) is 11.3. The number of rotatable bonds is 7. The molecular weight excluding hydrogens is 248 g/mol. The van der Waals surface area contributed by atoms with Gasteiger partial charge in [-0.15, -0.1) is 11.3 Å². The molecular formula is C13H22N2O2S. The number of aliphatic hydroxyl groups is 1. The molecule has 0 bridgehead atoms. The minimum Gasteiger partial charge on any atom is -0.393 e. The Balaban J connectivity index is 2.36. The summed E-state index contributed by atoms with van der Waals surface area (Å²) in [6.45, 7) is 6.52. The summed E-state index contributed by atoms with van der Waals surface area (Å²) < 4.78 is 0. The Morgan fingerprint density at radius 1 is 1.56 bits per heavy atom. The Hall–Kier alpha value is -0.940. The van der Waals surface area contributed by atoms with Crippen LogP contribution in [0.3, 0.4) is 0 Å². The molecule has 0 spiro atoms. The highest BCUT2D eigenvalue weighted by Crippen LogP contribution is 2.14. The number of aliphatic hydroxyl groups excluding tert-OH is 1. The maximum Gasteiger partial charge on any atom is 0.263 e. The van der Waals surface area contributed by atoms with E-state index in [0.717, 1.165) is 17.8 Å². The molecule has 18 heavy (non-hydrogen) atoms. The van der Waals surface area contributed by atoms with Gasteiger partial charge in [0.15, 0.2) is 0 Å². The molecule has 0 radical (unpaired) electrons. The fourth-order valence-electron chi connectivity index (χ4n) is 1.50. The molecule has 1 heterocycles. The number of hydrogen-bond acceptors (Lipinski definition) is 4. The molecule has 4 nitrogen and oxygen atoms in total. The van der Waals surface area contributed by atoms with Gasteiger partial charge in [0.1, 0.15) is 4.88 Å². The van der Waals surface area contributed by atoms with Crippen LogP contribution in [0.15, 0.2) is 6.20 Å². The smallest absolute Gasteiger partial charge is 0.263 e. The van der Waals surface area contributed by atoms with E-state index in [9.17, 15) is 9.90 Å². The van der Waals surface area contributed by atoms with Crippen LogP contribution in [0, 0.1) is 5.92 Å². The minimum absolute atomic E-state index is 0.0918. The van der Waals surface area contributed by atoms with Gasteiger partial charge < -0.3 is 10.4 Å². The Morgan fingerprint density at radius 3 is 2.89 bits per heavy atom. The number of carbonyl (C=O) groups is 1. The van der Waals surface area contributed by atoms with Gasteiger partial charge in [-0.3, -0.25) is 4.79 Å². The lowest BCUT2D eigenvalue weighted by Gasteiger charge is -2.14. The number of hydrogen-bond donors (Lipinski definition) is 2. The highest BCUT2D eigenvalue weighted by atomic mass is 32.1. The van der Waals surface area contributed by atoms with E-state index in [0.29, 0.717) is 17.8 Å². The van der Waals surface area contributed by atoms with Crippen molar-refractivity contribution in [3.63, 3.8) is 0 Å². The van der Waals surface area contributed by atoms with E-state index in [1.54, 1.807) is 6.20 Å². The van der Waals surface area contributed by atoms with Gasteiger partial charge in [-0.25, -0.2) is 4.98 Å². The van der Waals surface area contributed by atoms with Crippen molar-refractivity contribution in [1.82, 2.24) is 10.3 Å². The fraction of sp³-hybridized carbons (Fsp3) is 0.692. The first-order valence-electron chi connectivity index (χ1n) is 6.45. The van der Waals surface area contributed by atoms with Gasteiger partial charge in [0.2, 0.25) is 0 Å². The molecule has 1 aromatic rings. The maximum atomic E-state index is 11.8. The van der Waals surface area contributed by atoms with E-state index in [2.05, 4.69) is 17.2 Å². The summed E-state index contributed by atoms with van der Waals surface area (Å²) in [5.74, 6) is 0.132. The SMILES string of the molecule is CCCc1ncc(C(=O)NCCC(O)C(C)C)s1. The predicted octanol–water partition coefficient (Wildman–Crippen LogP) is 2.23. The molecule has 1 atom stereocenters. The maximum absolute atomic E-state index is 11.8. The lowest BCUT2D eigenvalue weighted by molar-refractivity contribution is 0.0923. The molecule has 1 unspecified atom stereocenters. The van der Waals surface area contributed by atoms with Crippen molar-refractivity contribution in [2.45, 2.75) is 46.1 Å². The first-order chi connectivity index (χ1) is 8.54. The van der Waals surface area contributed by atoms with Gasteiger partial charge >= 0.3 is 0 Å². The highest BCUT2D eigenvalue weighted by molar-refractivity contribution is 7.13. The molecule has 0 saturated carbocycles. The molecule has 5 heteroatoms. The minimum atomic E-state index is -0.359. The molecule has 1 amide bonds. The molecule has 0 aliphatic carbocycles. The van der Waals surface area contributed by atoms with Gasteiger partial charge in [-0.05, 0) is 25.2 Å². The number of carbonyl (C=O) groups excluding carboxylic acids is 1. The van der Waals surface area contributed by atoms with Crippen molar-refractivity contribution in [2.75, 3.05) is 6.54 Å². The summed E-state index contributed by atoms with van der Waals surface area (Å²) in [7, 11) is 0. The summed E-state index contributed by atoms with van der Waals surface area (Å²) in [6.07, 6.45) is 3.81. The third kappa shape index (κ3) is 4.74. The molecule has 2 N–H and O–H groups in total. The van der Waals surface area contributed by atoms with Crippen LogP contribution < -0.4 is 5.32 Å². The number of amides is 1. The molecule has 0 aliphatic heterocycles. The van der Waals surface area contributed by atoms with Crippen LogP contribution in [0.2, 0.25) is 0 Å². The van der Waals surface area contributed by atoms with Crippen LogP contribution in [0.25, 0.3) is 0 Å². The topological polar surface area (TPSA) is 62.2 Å². The molecule has 1 rings (SSSR count). The zero-order valence-corrected chi connectivity index (χ0v) is 12.1. The first-order valence-corrected chi connectivity index (χ1v) is 7.27. The molecule has 0 aromatic carbocycles. The Bertz CT molecular complexity index is 377. The van der Waals surface area contributed by atoms with E-state index >= 15 is 0 Å². The normalized spacial score (nSPS) is 12.7. The van der Waals surface area contributed by atoms with E-state index in [4.69, 9.17) is 0 Å². The summed E-state index contributed by atoms with van der Waals surface area (Å²) in [5, 5.41) is 13.4. The number of aryl methyl sites for hydroxylation is 1. The third-order valence-electron chi connectivity index (χ3n) is 2.74. The quantitative estimate of drug-likeness (QED) is 0.798. The van der Waals surface area contributed by atoms with Crippen molar-refractivity contribution < 1.29 is 9.90 Å². The third-order valence-corrected chi connectivity index (χ3v) is 3.79.